The third-order valence-corrected chi connectivity index (χ3v) is 4.95. The monoisotopic (exact) mass is 390 g/mol. The van der Waals surface area contributed by atoms with E-state index in [0.29, 0.717) is 19.6 Å². The number of rotatable bonds is 5. The first-order chi connectivity index (χ1) is 14.1. The molecule has 0 radical (unpaired) electrons. The number of hydrogen-bond donors (Lipinski definition) is 1. The van der Waals surface area contributed by atoms with Crippen LogP contribution in [0.1, 0.15) is 34.8 Å². The van der Waals surface area contributed by atoms with E-state index in [1.54, 1.807) is 19.2 Å². The number of fused-ring (bicyclic) bond motifs is 3. The molecule has 0 aliphatic carbocycles. The second kappa shape index (κ2) is 7.87. The summed E-state index contributed by atoms with van der Waals surface area (Å²) in [4.78, 5) is 12.4. The second-order valence-electron chi connectivity index (χ2n) is 6.82. The molecule has 1 aliphatic rings. The molecule has 0 atom stereocenters. The quantitative estimate of drug-likeness (QED) is 0.625. The summed E-state index contributed by atoms with van der Waals surface area (Å²) >= 11 is 0. The van der Waals surface area contributed by atoms with Crippen molar-refractivity contribution in [3.8, 4) is 17.2 Å². The SMILES string of the molecule is CCCOC(=O)c1cc2c3c(ccc2cc1O)OCC=C3c1ccc(OC)cc1. The van der Waals surface area contributed by atoms with Crippen LogP contribution in [0.5, 0.6) is 17.2 Å². The van der Waals surface area contributed by atoms with Gasteiger partial charge in [-0.05, 0) is 64.7 Å². The van der Waals surface area contributed by atoms with Crippen LogP contribution in [0.2, 0.25) is 0 Å². The van der Waals surface area contributed by atoms with Crippen molar-refractivity contribution in [2.45, 2.75) is 13.3 Å². The van der Waals surface area contributed by atoms with Crippen molar-refractivity contribution in [2.75, 3.05) is 20.3 Å². The molecule has 0 unspecified atom stereocenters. The van der Waals surface area contributed by atoms with E-state index in [1.807, 2.05) is 49.4 Å². The Labute approximate surface area is 169 Å². The Morgan fingerprint density at radius 2 is 1.93 bits per heavy atom. The highest BCUT2D eigenvalue weighted by Gasteiger charge is 2.22. The number of carbonyl (C=O) groups excluding carboxylic acids is 1. The van der Waals surface area contributed by atoms with Crippen molar-refractivity contribution < 1.29 is 24.1 Å². The number of esters is 1. The number of aromatic hydroxyl groups is 1. The highest BCUT2D eigenvalue weighted by Crippen LogP contribution is 2.41. The number of phenolic OH excluding ortho intramolecular Hbond substituents is 1. The van der Waals surface area contributed by atoms with Gasteiger partial charge in [-0.15, -0.1) is 0 Å². The van der Waals surface area contributed by atoms with E-state index in [-0.39, 0.29) is 11.3 Å². The van der Waals surface area contributed by atoms with Crippen molar-refractivity contribution >= 4 is 22.3 Å². The third kappa shape index (κ3) is 3.51. The van der Waals surface area contributed by atoms with Crippen LogP contribution in [0.15, 0.2) is 54.6 Å². The lowest BCUT2D eigenvalue weighted by molar-refractivity contribution is 0.0502. The van der Waals surface area contributed by atoms with Crippen molar-refractivity contribution in [1.82, 2.24) is 0 Å². The van der Waals surface area contributed by atoms with Crippen molar-refractivity contribution in [3.05, 3.63) is 71.3 Å². The normalized spacial score (nSPS) is 12.7. The van der Waals surface area contributed by atoms with Gasteiger partial charge in [-0.2, -0.15) is 0 Å². The Morgan fingerprint density at radius 3 is 2.66 bits per heavy atom. The molecule has 0 spiro atoms. The van der Waals surface area contributed by atoms with Gasteiger partial charge in [0.05, 0.1) is 13.7 Å². The molecule has 0 saturated heterocycles. The highest BCUT2D eigenvalue weighted by atomic mass is 16.5. The smallest absolute Gasteiger partial charge is 0.341 e. The molecule has 0 aromatic heterocycles. The topological polar surface area (TPSA) is 65.0 Å². The molecule has 1 heterocycles. The van der Waals surface area contributed by atoms with Gasteiger partial charge >= 0.3 is 5.97 Å². The van der Waals surface area contributed by atoms with Gasteiger partial charge in [-0.1, -0.05) is 25.1 Å². The maximum atomic E-state index is 12.4. The molecule has 0 fully saturated rings. The average molecular weight is 390 g/mol. The van der Waals surface area contributed by atoms with Crippen LogP contribution in [0.25, 0.3) is 16.3 Å². The maximum Gasteiger partial charge on any atom is 0.341 e. The fraction of sp³-hybridized carbons (Fsp3) is 0.208. The predicted octanol–water partition coefficient (Wildman–Crippen LogP) is 4.94. The first-order valence-electron chi connectivity index (χ1n) is 9.57. The Kier molecular flexibility index (Phi) is 5.12. The van der Waals surface area contributed by atoms with Crippen LogP contribution in [0, 0.1) is 0 Å². The van der Waals surface area contributed by atoms with E-state index in [1.165, 1.54) is 0 Å². The molecule has 4 rings (SSSR count). The van der Waals surface area contributed by atoms with Crippen LogP contribution >= 0.6 is 0 Å². The largest absolute Gasteiger partial charge is 0.507 e. The number of benzene rings is 3. The van der Waals surface area contributed by atoms with Crippen molar-refractivity contribution in [3.63, 3.8) is 0 Å². The van der Waals surface area contributed by atoms with Crippen LogP contribution in [-0.4, -0.2) is 31.4 Å². The summed E-state index contributed by atoms with van der Waals surface area (Å²) in [6.07, 6.45) is 2.74. The summed E-state index contributed by atoms with van der Waals surface area (Å²) in [5.74, 6) is 0.899. The molecule has 5 nitrogen and oxygen atoms in total. The minimum absolute atomic E-state index is 0.0924. The molecule has 29 heavy (non-hydrogen) atoms. The van der Waals surface area contributed by atoms with Gasteiger partial charge in [0.1, 0.15) is 29.4 Å². The minimum Gasteiger partial charge on any atom is -0.507 e. The zero-order valence-electron chi connectivity index (χ0n) is 16.4. The van der Waals surface area contributed by atoms with E-state index in [9.17, 15) is 9.90 Å². The molecule has 1 aliphatic heterocycles. The first-order valence-corrected chi connectivity index (χ1v) is 9.57. The lowest BCUT2D eigenvalue weighted by Crippen LogP contribution is -2.08. The Bertz CT molecular complexity index is 1100. The lowest BCUT2D eigenvalue weighted by Gasteiger charge is -2.22. The number of ether oxygens (including phenoxy) is 3. The van der Waals surface area contributed by atoms with E-state index < -0.39 is 5.97 Å². The summed E-state index contributed by atoms with van der Waals surface area (Å²) in [6.45, 7) is 2.69. The standard InChI is InChI=1S/C24H22O5/c1-3-11-29-24(26)20-14-19-16(13-21(20)25)6-9-22-23(19)18(10-12-28-22)15-4-7-17(27-2)8-5-15/h4-10,13-14,25H,3,11-12H2,1-2H3. The number of methoxy groups -OCH3 is 1. The fourth-order valence-electron chi connectivity index (χ4n) is 3.52. The van der Waals surface area contributed by atoms with E-state index in [0.717, 1.165) is 39.0 Å². The zero-order valence-corrected chi connectivity index (χ0v) is 16.4. The third-order valence-electron chi connectivity index (χ3n) is 4.95. The Morgan fingerprint density at radius 1 is 1.14 bits per heavy atom. The Hall–Kier alpha value is -3.47. The Balaban J connectivity index is 1.87. The van der Waals surface area contributed by atoms with Gasteiger partial charge in [0, 0.05) is 5.56 Å². The lowest BCUT2D eigenvalue weighted by atomic mass is 9.90. The highest BCUT2D eigenvalue weighted by molar-refractivity contribution is 6.05. The van der Waals surface area contributed by atoms with Crippen molar-refractivity contribution in [1.29, 1.82) is 0 Å². The van der Waals surface area contributed by atoms with Gasteiger partial charge in [-0.25, -0.2) is 4.79 Å². The molecule has 1 N–H and O–H groups in total. The summed E-state index contributed by atoms with van der Waals surface area (Å²) < 4.78 is 16.3. The molecular weight excluding hydrogens is 368 g/mol. The molecule has 3 aromatic carbocycles. The molecule has 0 bridgehead atoms. The van der Waals surface area contributed by atoms with Crippen LogP contribution in [-0.2, 0) is 4.74 Å². The fourth-order valence-corrected chi connectivity index (χ4v) is 3.52. The van der Waals surface area contributed by atoms with E-state index in [2.05, 4.69) is 0 Å². The number of phenols is 1. The maximum absolute atomic E-state index is 12.4. The molecule has 0 amide bonds. The number of hydrogen-bond acceptors (Lipinski definition) is 5. The second-order valence-corrected chi connectivity index (χ2v) is 6.82. The molecule has 0 saturated carbocycles. The molecular formula is C24H22O5. The minimum atomic E-state index is -0.532. The van der Waals surface area contributed by atoms with Crippen LogP contribution < -0.4 is 9.47 Å². The summed E-state index contributed by atoms with van der Waals surface area (Å²) in [6, 6.07) is 14.9. The van der Waals surface area contributed by atoms with E-state index >= 15 is 0 Å². The van der Waals surface area contributed by atoms with Crippen molar-refractivity contribution in [2.24, 2.45) is 0 Å². The van der Waals surface area contributed by atoms with Crippen LogP contribution in [0.3, 0.4) is 0 Å². The summed E-state index contributed by atoms with van der Waals surface area (Å²) in [7, 11) is 1.64. The summed E-state index contributed by atoms with van der Waals surface area (Å²) in [5.41, 5.74) is 3.08. The first kappa shape index (κ1) is 18.9. The van der Waals surface area contributed by atoms with Gasteiger partial charge in [0.25, 0.3) is 0 Å². The molecule has 148 valence electrons. The van der Waals surface area contributed by atoms with Gasteiger partial charge in [-0.3, -0.25) is 0 Å². The number of carbonyl (C=O) groups is 1. The van der Waals surface area contributed by atoms with Gasteiger partial charge in [0.2, 0.25) is 0 Å². The average Bonchev–Trinajstić information content (AvgIpc) is 2.76. The predicted molar refractivity (Wildman–Crippen MR) is 112 cm³/mol. The summed E-state index contributed by atoms with van der Waals surface area (Å²) in [5, 5.41) is 12.0. The van der Waals surface area contributed by atoms with Gasteiger partial charge < -0.3 is 19.3 Å². The van der Waals surface area contributed by atoms with E-state index in [4.69, 9.17) is 14.2 Å². The van der Waals surface area contributed by atoms with Gasteiger partial charge in [0.15, 0.2) is 0 Å². The molecule has 3 aromatic rings. The zero-order chi connectivity index (χ0) is 20.4. The van der Waals surface area contributed by atoms with Crippen LogP contribution in [0.4, 0.5) is 0 Å². The molecule has 5 heteroatoms.